The summed E-state index contributed by atoms with van der Waals surface area (Å²) >= 11 is 0. The van der Waals surface area contributed by atoms with Gasteiger partial charge in [0.1, 0.15) is 5.75 Å². The molecule has 1 aliphatic carbocycles. The molecular weight excluding hydrogens is 426 g/mol. The number of phenolic OH excluding ortho intramolecular Hbond substituents is 1. The number of phenols is 1. The van der Waals surface area contributed by atoms with Gasteiger partial charge in [-0.15, -0.1) is 0 Å². The van der Waals surface area contributed by atoms with Crippen molar-refractivity contribution in [1.82, 2.24) is 0 Å². The lowest BCUT2D eigenvalue weighted by Gasteiger charge is -2.41. The highest BCUT2D eigenvalue weighted by Crippen LogP contribution is 2.47. The van der Waals surface area contributed by atoms with Crippen molar-refractivity contribution in [1.29, 1.82) is 0 Å². The lowest BCUT2D eigenvalue weighted by molar-refractivity contribution is -0.141. The normalized spacial score (nSPS) is 24.4. The number of ether oxygens (including phenoxy) is 3. The molecule has 2 fully saturated rings. The van der Waals surface area contributed by atoms with Gasteiger partial charge in [-0.25, -0.2) is 0 Å². The Morgan fingerprint density at radius 3 is 2.29 bits per heavy atom. The van der Waals surface area contributed by atoms with Crippen LogP contribution in [-0.4, -0.2) is 51.9 Å². The van der Waals surface area contributed by atoms with Gasteiger partial charge in [0, 0.05) is 58.0 Å². The number of benzene rings is 2. The summed E-state index contributed by atoms with van der Waals surface area (Å²) in [7, 11) is 3.47. The zero-order valence-corrected chi connectivity index (χ0v) is 20.6. The van der Waals surface area contributed by atoms with E-state index in [1.165, 1.54) is 28.8 Å². The second kappa shape index (κ2) is 10.7. The van der Waals surface area contributed by atoms with E-state index >= 15 is 0 Å². The first-order valence-electron chi connectivity index (χ1n) is 13.0. The van der Waals surface area contributed by atoms with E-state index in [0.717, 1.165) is 58.4 Å². The number of anilines is 1. The maximum absolute atomic E-state index is 10.1. The Kier molecular flexibility index (Phi) is 7.43. The Hall–Kier alpha value is -2.08. The van der Waals surface area contributed by atoms with E-state index in [-0.39, 0.29) is 6.29 Å². The fourth-order valence-electron chi connectivity index (χ4n) is 6.71. The highest BCUT2D eigenvalue weighted by atomic mass is 16.7. The number of methoxy groups -OCH3 is 2. The van der Waals surface area contributed by atoms with Gasteiger partial charge in [-0.05, 0) is 91.3 Å². The van der Waals surface area contributed by atoms with Crippen molar-refractivity contribution in [2.45, 2.75) is 50.7 Å². The first-order valence-corrected chi connectivity index (χ1v) is 13.0. The minimum atomic E-state index is -0.0996. The smallest absolute Gasteiger partial charge is 0.159 e. The standard InChI is InChI=1S/C29H39NO4/c1-32-29(33-2)22-11-15-30(16-12-22)24-6-3-21(4-7-24)28-26(20-13-17-34-18-14-20)9-5-23-19-25(31)8-10-27(23)28/h3-4,6-8,10,19-20,22,26,28-29,31H,5,9,11-18H2,1-2H3/t26-,28+/m1/s1. The second-order valence-corrected chi connectivity index (χ2v) is 10.3. The van der Waals surface area contributed by atoms with E-state index in [4.69, 9.17) is 14.2 Å². The summed E-state index contributed by atoms with van der Waals surface area (Å²) in [4.78, 5) is 2.49. The Labute approximate surface area is 204 Å². The van der Waals surface area contributed by atoms with Crippen LogP contribution in [0.2, 0.25) is 0 Å². The third-order valence-electron chi connectivity index (χ3n) is 8.51. The molecule has 0 unspecified atom stereocenters. The largest absolute Gasteiger partial charge is 0.508 e. The van der Waals surface area contributed by atoms with E-state index in [0.29, 0.717) is 29.4 Å². The van der Waals surface area contributed by atoms with Crippen molar-refractivity contribution in [2.24, 2.45) is 17.8 Å². The van der Waals surface area contributed by atoms with E-state index in [1.807, 2.05) is 12.1 Å². The Balaban J connectivity index is 1.36. The summed E-state index contributed by atoms with van der Waals surface area (Å²) in [5.41, 5.74) is 5.42. The van der Waals surface area contributed by atoms with Crippen LogP contribution in [0.15, 0.2) is 42.5 Å². The second-order valence-electron chi connectivity index (χ2n) is 10.3. The van der Waals surface area contributed by atoms with E-state index < -0.39 is 0 Å². The topological polar surface area (TPSA) is 51.2 Å². The molecule has 0 spiro atoms. The molecule has 0 amide bonds. The Bertz CT molecular complexity index is 928. The van der Waals surface area contributed by atoms with Gasteiger partial charge in [0.25, 0.3) is 0 Å². The minimum Gasteiger partial charge on any atom is -0.508 e. The fraction of sp³-hybridized carbons (Fsp3) is 0.586. The van der Waals surface area contributed by atoms with Crippen LogP contribution in [0.5, 0.6) is 5.75 Å². The zero-order chi connectivity index (χ0) is 23.5. The molecule has 2 aromatic carbocycles. The summed E-state index contributed by atoms with van der Waals surface area (Å²) in [6.07, 6.45) is 6.62. The van der Waals surface area contributed by atoms with Crippen molar-refractivity contribution in [3.05, 3.63) is 59.2 Å². The molecular formula is C29H39NO4. The predicted octanol–water partition coefficient (Wildman–Crippen LogP) is 5.35. The van der Waals surface area contributed by atoms with Gasteiger partial charge in [-0.2, -0.15) is 0 Å². The molecule has 5 rings (SSSR count). The van der Waals surface area contributed by atoms with Crippen molar-refractivity contribution in [3.8, 4) is 5.75 Å². The van der Waals surface area contributed by atoms with Crippen molar-refractivity contribution < 1.29 is 19.3 Å². The van der Waals surface area contributed by atoms with Gasteiger partial charge in [0.2, 0.25) is 0 Å². The fourth-order valence-corrected chi connectivity index (χ4v) is 6.71. The number of piperidine rings is 1. The molecule has 2 atom stereocenters. The molecule has 0 aromatic heterocycles. The molecule has 0 radical (unpaired) electrons. The van der Waals surface area contributed by atoms with E-state index in [9.17, 15) is 5.11 Å². The molecule has 34 heavy (non-hydrogen) atoms. The molecule has 0 bridgehead atoms. The number of aromatic hydroxyl groups is 1. The monoisotopic (exact) mass is 465 g/mol. The number of fused-ring (bicyclic) bond motifs is 1. The van der Waals surface area contributed by atoms with Crippen LogP contribution in [-0.2, 0) is 20.6 Å². The third kappa shape index (κ3) is 4.84. The molecule has 1 N–H and O–H groups in total. The van der Waals surface area contributed by atoms with E-state index in [1.54, 1.807) is 14.2 Å². The number of nitrogens with zero attached hydrogens (tertiary/aromatic N) is 1. The average Bonchev–Trinajstić information content (AvgIpc) is 2.90. The van der Waals surface area contributed by atoms with Crippen molar-refractivity contribution >= 4 is 5.69 Å². The molecule has 5 nitrogen and oxygen atoms in total. The summed E-state index contributed by atoms with van der Waals surface area (Å²) in [5, 5.41) is 10.1. The molecule has 2 saturated heterocycles. The highest BCUT2D eigenvalue weighted by Gasteiger charge is 2.36. The lowest BCUT2D eigenvalue weighted by Crippen LogP contribution is -2.39. The van der Waals surface area contributed by atoms with Crippen LogP contribution in [0.4, 0.5) is 5.69 Å². The molecule has 3 aliphatic rings. The molecule has 184 valence electrons. The quantitative estimate of drug-likeness (QED) is 0.583. The van der Waals surface area contributed by atoms with Gasteiger partial charge in [-0.1, -0.05) is 18.2 Å². The summed E-state index contributed by atoms with van der Waals surface area (Å²) in [6.45, 7) is 3.84. The van der Waals surface area contributed by atoms with Crippen molar-refractivity contribution in [2.75, 3.05) is 45.4 Å². The third-order valence-corrected chi connectivity index (χ3v) is 8.51. The van der Waals surface area contributed by atoms with Crippen LogP contribution in [0.1, 0.15) is 54.7 Å². The number of rotatable bonds is 6. The van der Waals surface area contributed by atoms with Gasteiger partial charge >= 0.3 is 0 Å². The van der Waals surface area contributed by atoms with E-state index in [2.05, 4.69) is 35.2 Å². The molecule has 2 aliphatic heterocycles. The van der Waals surface area contributed by atoms with Gasteiger partial charge < -0.3 is 24.2 Å². The molecule has 5 heteroatoms. The molecule has 0 saturated carbocycles. The van der Waals surface area contributed by atoms with Crippen LogP contribution in [0.25, 0.3) is 0 Å². The van der Waals surface area contributed by atoms with Gasteiger partial charge in [0.05, 0.1) is 0 Å². The van der Waals surface area contributed by atoms with Crippen LogP contribution in [0.3, 0.4) is 0 Å². The first kappa shape index (κ1) is 23.7. The first-order chi connectivity index (χ1) is 16.7. The zero-order valence-electron chi connectivity index (χ0n) is 20.6. The van der Waals surface area contributed by atoms with Crippen LogP contribution in [0, 0.1) is 17.8 Å². The van der Waals surface area contributed by atoms with Crippen molar-refractivity contribution in [3.63, 3.8) is 0 Å². The highest BCUT2D eigenvalue weighted by molar-refractivity contribution is 5.51. The minimum absolute atomic E-state index is 0.0996. The number of hydrogen-bond donors (Lipinski definition) is 1. The number of hydrogen-bond acceptors (Lipinski definition) is 5. The summed E-state index contributed by atoms with van der Waals surface area (Å²) in [6, 6.07) is 15.4. The summed E-state index contributed by atoms with van der Waals surface area (Å²) < 4.78 is 16.7. The van der Waals surface area contributed by atoms with Gasteiger partial charge in [0.15, 0.2) is 6.29 Å². The SMILES string of the molecule is COC(OC)C1CCN(c2ccc([C@@H]3c4ccc(O)cc4CC[C@@H]3C3CCOCC3)cc2)CC1. The maximum Gasteiger partial charge on any atom is 0.159 e. The van der Waals surface area contributed by atoms with Crippen LogP contribution >= 0.6 is 0 Å². The molecule has 2 heterocycles. The van der Waals surface area contributed by atoms with Crippen LogP contribution < -0.4 is 4.90 Å². The predicted molar refractivity (Wildman–Crippen MR) is 134 cm³/mol. The average molecular weight is 466 g/mol. The maximum atomic E-state index is 10.1. The Morgan fingerprint density at radius 1 is 0.912 bits per heavy atom. The van der Waals surface area contributed by atoms with Gasteiger partial charge in [-0.3, -0.25) is 0 Å². The number of aryl methyl sites for hydroxylation is 1. The lowest BCUT2D eigenvalue weighted by atomic mass is 9.65. The Morgan fingerprint density at radius 2 is 1.62 bits per heavy atom. The summed E-state index contributed by atoms with van der Waals surface area (Å²) in [5.74, 6) is 2.55. The molecule has 2 aromatic rings.